The minimum atomic E-state index is -0.0517. The van der Waals surface area contributed by atoms with Crippen LogP contribution in [0.2, 0.25) is 0 Å². The first-order valence-corrected chi connectivity index (χ1v) is 9.70. The lowest BCUT2D eigenvalue weighted by Crippen LogP contribution is -2.34. The third kappa shape index (κ3) is 5.83. The van der Waals surface area contributed by atoms with E-state index in [2.05, 4.69) is 48.5 Å². The number of rotatable bonds is 7. The molecule has 0 radical (unpaired) electrons. The molecule has 24 heavy (non-hydrogen) atoms. The van der Waals surface area contributed by atoms with Crippen LogP contribution in [0.1, 0.15) is 52.0 Å². The van der Waals surface area contributed by atoms with Gasteiger partial charge in [0.2, 0.25) is 5.91 Å². The standard InChI is InChI=1S/C18H25N3OS2/c1-4-5-6-13-8-9-14-15(11-13)24-18(19-14)21-17(23)20-16(22)10-7-12(2)3/h8-9,11-12H,4-7,10H2,1-3H3,(H2,19,20,21,22,23). The van der Waals surface area contributed by atoms with Gasteiger partial charge < -0.3 is 10.6 Å². The predicted octanol–water partition coefficient (Wildman–Crippen LogP) is 4.89. The van der Waals surface area contributed by atoms with Crippen molar-refractivity contribution in [3.63, 3.8) is 0 Å². The Morgan fingerprint density at radius 3 is 2.88 bits per heavy atom. The molecule has 0 aliphatic heterocycles. The van der Waals surface area contributed by atoms with Gasteiger partial charge in [0.15, 0.2) is 10.2 Å². The molecule has 0 bridgehead atoms. The molecule has 0 aliphatic rings. The third-order valence-electron chi connectivity index (χ3n) is 3.69. The summed E-state index contributed by atoms with van der Waals surface area (Å²) in [5.74, 6) is 0.451. The summed E-state index contributed by atoms with van der Waals surface area (Å²) >= 11 is 6.76. The second-order valence-corrected chi connectivity index (χ2v) is 7.80. The average Bonchev–Trinajstić information content (AvgIpc) is 2.91. The van der Waals surface area contributed by atoms with Gasteiger partial charge in [-0.15, -0.1) is 0 Å². The number of thiazole rings is 1. The molecule has 0 saturated carbocycles. The maximum Gasteiger partial charge on any atom is 0.226 e. The number of thiocarbonyl (C=S) groups is 1. The van der Waals surface area contributed by atoms with Crippen LogP contribution in [0.25, 0.3) is 10.2 Å². The zero-order chi connectivity index (χ0) is 17.5. The van der Waals surface area contributed by atoms with Crippen LogP contribution in [0.3, 0.4) is 0 Å². The maximum absolute atomic E-state index is 11.8. The number of carbonyl (C=O) groups excluding carboxylic acids is 1. The fourth-order valence-corrected chi connectivity index (χ4v) is 3.51. The summed E-state index contributed by atoms with van der Waals surface area (Å²) in [6.07, 6.45) is 4.83. The van der Waals surface area contributed by atoms with E-state index in [1.807, 2.05) is 6.07 Å². The van der Waals surface area contributed by atoms with Crippen LogP contribution >= 0.6 is 23.6 Å². The predicted molar refractivity (Wildman–Crippen MR) is 107 cm³/mol. The summed E-state index contributed by atoms with van der Waals surface area (Å²) < 4.78 is 1.14. The highest BCUT2D eigenvalue weighted by Crippen LogP contribution is 2.27. The van der Waals surface area contributed by atoms with Crippen molar-refractivity contribution < 1.29 is 4.79 Å². The van der Waals surface area contributed by atoms with Crippen molar-refractivity contribution >= 4 is 49.9 Å². The molecule has 2 N–H and O–H groups in total. The quantitative estimate of drug-likeness (QED) is 0.688. The van der Waals surface area contributed by atoms with Gasteiger partial charge in [0.25, 0.3) is 0 Å². The molecular formula is C18H25N3OS2. The second-order valence-electron chi connectivity index (χ2n) is 6.36. The summed E-state index contributed by atoms with van der Waals surface area (Å²) in [6, 6.07) is 6.37. The first-order valence-electron chi connectivity index (χ1n) is 8.48. The molecule has 0 fully saturated rings. The molecule has 0 saturated heterocycles. The summed E-state index contributed by atoms with van der Waals surface area (Å²) in [5, 5.41) is 6.76. The van der Waals surface area contributed by atoms with E-state index >= 15 is 0 Å². The number of amides is 1. The van der Waals surface area contributed by atoms with E-state index < -0.39 is 0 Å². The van der Waals surface area contributed by atoms with Crippen LogP contribution in [0.5, 0.6) is 0 Å². The number of nitrogens with one attached hydrogen (secondary N) is 2. The van der Waals surface area contributed by atoms with Crippen LogP contribution in [0.4, 0.5) is 5.13 Å². The minimum absolute atomic E-state index is 0.0517. The summed E-state index contributed by atoms with van der Waals surface area (Å²) in [4.78, 5) is 16.3. The Bertz CT molecular complexity index is 709. The lowest BCUT2D eigenvalue weighted by atomic mass is 10.1. The number of benzene rings is 1. The topological polar surface area (TPSA) is 54.0 Å². The lowest BCUT2D eigenvalue weighted by Gasteiger charge is -2.08. The molecule has 0 aliphatic carbocycles. The average molecular weight is 364 g/mol. The summed E-state index contributed by atoms with van der Waals surface area (Å²) in [6.45, 7) is 6.39. The van der Waals surface area contributed by atoms with Crippen molar-refractivity contribution in [2.75, 3.05) is 5.32 Å². The van der Waals surface area contributed by atoms with Gasteiger partial charge in [-0.25, -0.2) is 4.98 Å². The zero-order valence-electron chi connectivity index (χ0n) is 14.5. The van der Waals surface area contributed by atoms with E-state index in [-0.39, 0.29) is 5.91 Å². The van der Waals surface area contributed by atoms with Crippen molar-refractivity contribution in [1.29, 1.82) is 0 Å². The first kappa shape index (κ1) is 18.8. The molecule has 0 unspecified atom stereocenters. The van der Waals surface area contributed by atoms with Crippen molar-refractivity contribution in [1.82, 2.24) is 10.3 Å². The monoisotopic (exact) mass is 363 g/mol. The second kappa shape index (κ2) is 9.08. The molecule has 0 spiro atoms. The molecule has 1 aromatic heterocycles. The van der Waals surface area contributed by atoms with E-state index in [4.69, 9.17) is 12.2 Å². The van der Waals surface area contributed by atoms with Gasteiger partial charge in [-0.3, -0.25) is 4.79 Å². The molecule has 6 heteroatoms. The summed E-state index contributed by atoms with van der Waals surface area (Å²) in [7, 11) is 0. The van der Waals surface area contributed by atoms with E-state index in [1.165, 1.54) is 18.4 Å². The van der Waals surface area contributed by atoms with Gasteiger partial charge in [-0.1, -0.05) is 44.6 Å². The Hall–Kier alpha value is -1.53. The summed E-state index contributed by atoms with van der Waals surface area (Å²) in [5.41, 5.74) is 2.29. The Labute approximate surface area is 153 Å². The smallest absolute Gasteiger partial charge is 0.226 e. The zero-order valence-corrected chi connectivity index (χ0v) is 16.1. The van der Waals surface area contributed by atoms with Crippen molar-refractivity contribution in [2.45, 2.75) is 52.9 Å². The molecule has 1 heterocycles. The lowest BCUT2D eigenvalue weighted by molar-refractivity contribution is -0.119. The molecule has 0 atom stereocenters. The Kier molecular flexibility index (Phi) is 7.12. The van der Waals surface area contributed by atoms with Gasteiger partial charge in [0.1, 0.15) is 0 Å². The van der Waals surface area contributed by atoms with Crippen molar-refractivity contribution in [3.8, 4) is 0 Å². The van der Waals surface area contributed by atoms with Crippen molar-refractivity contribution in [3.05, 3.63) is 23.8 Å². The molecular weight excluding hydrogens is 338 g/mol. The van der Waals surface area contributed by atoms with Crippen LogP contribution in [0, 0.1) is 5.92 Å². The van der Waals surface area contributed by atoms with E-state index in [0.717, 1.165) is 23.1 Å². The number of fused-ring (bicyclic) bond motifs is 1. The highest BCUT2D eigenvalue weighted by atomic mass is 32.1. The van der Waals surface area contributed by atoms with Gasteiger partial charge in [-0.05, 0) is 55.1 Å². The number of hydrogen-bond donors (Lipinski definition) is 2. The van der Waals surface area contributed by atoms with Gasteiger partial charge >= 0.3 is 0 Å². The molecule has 4 nitrogen and oxygen atoms in total. The fraction of sp³-hybridized carbons (Fsp3) is 0.500. The number of aromatic nitrogens is 1. The largest absolute Gasteiger partial charge is 0.308 e. The molecule has 130 valence electrons. The molecule has 2 rings (SSSR count). The molecule has 2 aromatic rings. The van der Waals surface area contributed by atoms with Crippen LogP contribution in [-0.2, 0) is 11.2 Å². The highest BCUT2D eigenvalue weighted by Gasteiger charge is 2.09. The fourth-order valence-electron chi connectivity index (χ4n) is 2.30. The third-order valence-corrected chi connectivity index (χ3v) is 4.83. The Morgan fingerprint density at radius 2 is 2.17 bits per heavy atom. The molecule has 1 aromatic carbocycles. The maximum atomic E-state index is 11.8. The SMILES string of the molecule is CCCCc1ccc2nc(NC(=S)NC(=O)CCC(C)C)sc2c1. The van der Waals surface area contributed by atoms with Crippen LogP contribution in [-0.4, -0.2) is 16.0 Å². The van der Waals surface area contributed by atoms with E-state index in [0.29, 0.717) is 22.6 Å². The first-order chi connectivity index (χ1) is 11.5. The number of unbranched alkanes of at least 4 members (excludes halogenated alkanes) is 1. The number of nitrogens with zero attached hydrogens (tertiary/aromatic N) is 1. The van der Waals surface area contributed by atoms with E-state index in [1.54, 1.807) is 11.3 Å². The molecule has 1 amide bonds. The van der Waals surface area contributed by atoms with Crippen molar-refractivity contribution in [2.24, 2.45) is 5.92 Å². The van der Waals surface area contributed by atoms with Gasteiger partial charge in [-0.2, -0.15) is 0 Å². The van der Waals surface area contributed by atoms with Crippen LogP contribution in [0.15, 0.2) is 18.2 Å². The Morgan fingerprint density at radius 1 is 1.38 bits per heavy atom. The minimum Gasteiger partial charge on any atom is -0.308 e. The van der Waals surface area contributed by atoms with Gasteiger partial charge in [0.05, 0.1) is 10.2 Å². The number of carbonyl (C=O) groups is 1. The van der Waals surface area contributed by atoms with Crippen LogP contribution < -0.4 is 10.6 Å². The number of aryl methyl sites for hydroxylation is 1. The number of hydrogen-bond acceptors (Lipinski definition) is 4. The Balaban J connectivity index is 1.94. The van der Waals surface area contributed by atoms with E-state index in [9.17, 15) is 4.79 Å². The van der Waals surface area contributed by atoms with Gasteiger partial charge in [0, 0.05) is 6.42 Å². The highest BCUT2D eigenvalue weighted by molar-refractivity contribution is 7.80. The normalized spacial score (nSPS) is 11.0. The number of anilines is 1.